The highest BCUT2D eigenvalue weighted by molar-refractivity contribution is 5.77. The molecule has 1 aromatic carbocycles. The van der Waals surface area contributed by atoms with Gasteiger partial charge < -0.3 is 20.8 Å². The number of nitrogens with zero attached hydrogens (tertiary/aromatic N) is 4. The predicted molar refractivity (Wildman–Crippen MR) is 130 cm³/mol. The minimum atomic E-state index is -0.791. The number of aromatic nitrogens is 4. The summed E-state index contributed by atoms with van der Waals surface area (Å²) in [5.41, 5.74) is 1.18. The zero-order chi connectivity index (χ0) is 25.2. The van der Waals surface area contributed by atoms with Gasteiger partial charge in [-0.1, -0.05) is 0 Å². The minimum Gasteiger partial charge on any atom is -0.481 e. The fraction of sp³-hybridized carbons (Fsp3) is 0.520. The first-order valence-corrected chi connectivity index (χ1v) is 12.5. The summed E-state index contributed by atoms with van der Waals surface area (Å²) in [4.78, 5) is 25.3. The molecule has 0 radical (unpaired) electrons. The normalized spacial score (nSPS) is 24.5. The summed E-state index contributed by atoms with van der Waals surface area (Å²) in [5, 5.41) is 25.2. The van der Waals surface area contributed by atoms with E-state index in [4.69, 9.17) is 4.98 Å². The summed E-state index contributed by atoms with van der Waals surface area (Å²) in [6.07, 6.45) is 7.61. The number of halogens is 2. The van der Waals surface area contributed by atoms with Gasteiger partial charge in [-0.3, -0.25) is 9.36 Å². The number of aliphatic hydroxyl groups is 1. The van der Waals surface area contributed by atoms with Crippen molar-refractivity contribution >= 4 is 34.7 Å². The largest absolute Gasteiger partial charge is 0.481 e. The van der Waals surface area contributed by atoms with Gasteiger partial charge in [0.1, 0.15) is 17.2 Å². The number of nitrogens with one attached hydrogen (secondary N) is 2. The Bertz CT molecular complexity index is 1240. The molecule has 2 saturated carbocycles. The number of fused-ring (bicyclic) bond motifs is 1. The van der Waals surface area contributed by atoms with Crippen LogP contribution in [0.5, 0.6) is 0 Å². The van der Waals surface area contributed by atoms with Crippen LogP contribution in [0.15, 0.2) is 24.4 Å². The van der Waals surface area contributed by atoms with Crippen LogP contribution in [0.2, 0.25) is 0 Å². The van der Waals surface area contributed by atoms with Gasteiger partial charge in [-0.15, -0.1) is 0 Å². The molecule has 2 fully saturated rings. The van der Waals surface area contributed by atoms with Gasteiger partial charge in [0.05, 0.1) is 17.8 Å². The van der Waals surface area contributed by atoms with Gasteiger partial charge in [0.2, 0.25) is 11.9 Å². The number of aliphatic hydroxyl groups excluding tert-OH is 1. The summed E-state index contributed by atoms with van der Waals surface area (Å²) in [6.45, 7) is 0.211. The summed E-state index contributed by atoms with van der Waals surface area (Å²) in [7, 11) is 0. The van der Waals surface area contributed by atoms with E-state index >= 15 is 0 Å². The summed E-state index contributed by atoms with van der Waals surface area (Å²) < 4.78 is 29.7. The Kier molecular flexibility index (Phi) is 6.99. The number of anilines is 3. The number of aliphatic carboxylic acids is 1. The summed E-state index contributed by atoms with van der Waals surface area (Å²) in [6, 6.07) is 3.42. The molecule has 0 bridgehead atoms. The van der Waals surface area contributed by atoms with Crippen LogP contribution in [0.4, 0.5) is 26.4 Å². The molecule has 2 aliphatic carbocycles. The van der Waals surface area contributed by atoms with Crippen molar-refractivity contribution in [2.45, 2.75) is 63.5 Å². The molecule has 3 aromatic rings. The lowest BCUT2D eigenvalue weighted by Crippen LogP contribution is -2.28. The second-order valence-corrected chi connectivity index (χ2v) is 9.85. The minimum absolute atomic E-state index is 0.0825. The number of carboxylic acid groups (broad SMARTS) is 1. The van der Waals surface area contributed by atoms with Gasteiger partial charge >= 0.3 is 5.97 Å². The monoisotopic (exact) mass is 500 g/mol. The summed E-state index contributed by atoms with van der Waals surface area (Å²) >= 11 is 0. The first kappa shape index (κ1) is 24.4. The molecule has 36 heavy (non-hydrogen) atoms. The number of benzene rings is 1. The molecule has 0 saturated heterocycles. The highest BCUT2D eigenvalue weighted by Gasteiger charge is 2.30. The molecule has 5 rings (SSSR count). The molecule has 4 N–H and O–H groups in total. The molecule has 0 amide bonds. The first-order valence-electron chi connectivity index (χ1n) is 12.5. The van der Waals surface area contributed by atoms with E-state index in [1.165, 1.54) is 12.1 Å². The predicted octanol–water partition coefficient (Wildman–Crippen LogP) is 4.63. The van der Waals surface area contributed by atoms with Crippen molar-refractivity contribution in [2.24, 2.45) is 11.8 Å². The Morgan fingerprint density at radius 3 is 2.47 bits per heavy atom. The van der Waals surface area contributed by atoms with E-state index in [0.717, 1.165) is 31.7 Å². The lowest BCUT2D eigenvalue weighted by atomic mass is 9.86. The molecule has 2 heterocycles. The van der Waals surface area contributed by atoms with Gasteiger partial charge in [0.15, 0.2) is 5.65 Å². The highest BCUT2D eigenvalue weighted by Crippen LogP contribution is 2.37. The molecule has 11 heteroatoms. The van der Waals surface area contributed by atoms with Crippen molar-refractivity contribution in [3.05, 3.63) is 36.0 Å². The third-order valence-electron chi connectivity index (χ3n) is 7.46. The van der Waals surface area contributed by atoms with Crippen LogP contribution in [0, 0.1) is 23.5 Å². The topological polar surface area (TPSA) is 125 Å². The van der Waals surface area contributed by atoms with Crippen LogP contribution >= 0.6 is 0 Å². The van der Waals surface area contributed by atoms with Crippen molar-refractivity contribution in [1.82, 2.24) is 19.5 Å². The van der Waals surface area contributed by atoms with Crippen LogP contribution in [0.25, 0.3) is 11.2 Å². The van der Waals surface area contributed by atoms with Crippen LogP contribution in [-0.2, 0) is 4.79 Å². The van der Waals surface area contributed by atoms with Gasteiger partial charge in [-0.2, -0.15) is 4.98 Å². The van der Waals surface area contributed by atoms with Crippen molar-refractivity contribution < 1.29 is 23.8 Å². The Hall–Kier alpha value is -3.34. The second kappa shape index (κ2) is 10.3. The average molecular weight is 501 g/mol. The van der Waals surface area contributed by atoms with E-state index in [2.05, 4.69) is 20.6 Å². The van der Waals surface area contributed by atoms with E-state index in [1.807, 2.05) is 4.57 Å². The van der Waals surface area contributed by atoms with Gasteiger partial charge in [-0.25, -0.2) is 18.7 Å². The number of carboxylic acids is 1. The molecule has 0 spiro atoms. The molecule has 192 valence electrons. The maximum Gasteiger partial charge on any atom is 0.306 e. The van der Waals surface area contributed by atoms with E-state index in [1.54, 1.807) is 6.20 Å². The number of imidazole rings is 1. The lowest BCUT2D eigenvalue weighted by Gasteiger charge is -2.29. The zero-order valence-corrected chi connectivity index (χ0v) is 19.8. The SMILES string of the molecule is O=C(O)[C@H]1CC[C@@H](n2c(Nc3ccc(F)cc3F)nc3cnc(N[C@H]4CC[C@H](CO)CC4)nc32)CC1. The maximum absolute atomic E-state index is 14.4. The first-order chi connectivity index (χ1) is 17.4. The lowest BCUT2D eigenvalue weighted by molar-refractivity contribution is -0.143. The van der Waals surface area contributed by atoms with Crippen molar-refractivity contribution in [3.8, 4) is 0 Å². The maximum atomic E-state index is 14.4. The van der Waals surface area contributed by atoms with Gasteiger partial charge in [-0.05, 0) is 69.4 Å². The molecular weight excluding hydrogens is 470 g/mol. The molecular formula is C25H30F2N6O3. The molecule has 9 nitrogen and oxygen atoms in total. The molecule has 2 aromatic heterocycles. The van der Waals surface area contributed by atoms with E-state index < -0.39 is 17.6 Å². The van der Waals surface area contributed by atoms with Crippen LogP contribution in [0.1, 0.15) is 57.4 Å². The fourth-order valence-corrected chi connectivity index (χ4v) is 5.36. The molecule has 0 atom stereocenters. The number of hydrogen-bond donors (Lipinski definition) is 4. The smallest absolute Gasteiger partial charge is 0.306 e. The van der Waals surface area contributed by atoms with E-state index in [-0.39, 0.29) is 30.3 Å². The Morgan fingerprint density at radius 2 is 1.81 bits per heavy atom. The summed E-state index contributed by atoms with van der Waals surface area (Å²) in [5.74, 6) is -1.43. The second-order valence-electron chi connectivity index (χ2n) is 9.85. The fourth-order valence-electron chi connectivity index (χ4n) is 5.36. The number of hydrogen-bond acceptors (Lipinski definition) is 7. The third-order valence-corrected chi connectivity index (χ3v) is 7.46. The number of carbonyl (C=O) groups is 1. The zero-order valence-electron chi connectivity index (χ0n) is 19.8. The van der Waals surface area contributed by atoms with Crippen LogP contribution in [0.3, 0.4) is 0 Å². The van der Waals surface area contributed by atoms with Gasteiger partial charge in [0, 0.05) is 24.8 Å². The third kappa shape index (κ3) is 5.11. The van der Waals surface area contributed by atoms with Crippen LogP contribution in [-0.4, -0.2) is 48.4 Å². The van der Waals surface area contributed by atoms with Crippen molar-refractivity contribution in [2.75, 3.05) is 17.2 Å². The molecule has 2 aliphatic rings. The highest BCUT2D eigenvalue weighted by atomic mass is 19.1. The Labute approximate surface area is 207 Å². The Morgan fingerprint density at radius 1 is 1.06 bits per heavy atom. The molecule has 0 unspecified atom stereocenters. The Balaban J connectivity index is 1.46. The molecule has 0 aliphatic heterocycles. The quantitative estimate of drug-likeness (QED) is 0.370. The van der Waals surface area contributed by atoms with Gasteiger partial charge in [0.25, 0.3) is 0 Å². The van der Waals surface area contributed by atoms with E-state index in [0.29, 0.717) is 54.7 Å². The van der Waals surface area contributed by atoms with Crippen molar-refractivity contribution in [1.29, 1.82) is 0 Å². The van der Waals surface area contributed by atoms with Crippen LogP contribution < -0.4 is 10.6 Å². The van der Waals surface area contributed by atoms with E-state index in [9.17, 15) is 23.8 Å². The number of rotatable bonds is 7. The average Bonchev–Trinajstić information content (AvgIpc) is 3.23. The standard InChI is InChI=1S/C25H30F2N6O3/c26-16-5-10-20(19(27)11-16)30-25-31-21-12-28-24(29-17-6-1-14(13-34)2-7-17)32-22(21)33(25)18-8-3-15(4-9-18)23(35)36/h5,10-12,14-15,17-18,34H,1-4,6-9,13H2,(H,30,31)(H,35,36)(H,28,29,32)/t14-,15-,17-,18+. The van der Waals surface area contributed by atoms with Crippen molar-refractivity contribution in [3.63, 3.8) is 0 Å².